The van der Waals surface area contributed by atoms with Crippen LogP contribution >= 0.6 is 0 Å². The van der Waals surface area contributed by atoms with Gasteiger partial charge in [-0.15, -0.1) is 0 Å². The van der Waals surface area contributed by atoms with E-state index in [0.29, 0.717) is 5.57 Å². The van der Waals surface area contributed by atoms with E-state index in [4.69, 9.17) is 0 Å². The molecule has 0 heterocycles. The highest BCUT2D eigenvalue weighted by atomic mass is 28.4. The van der Waals surface area contributed by atoms with Crippen LogP contribution in [0.25, 0.3) is 0 Å². The number of halogens is 1. The molecule has 0 rings (SSSR count). The summed E-state index contributed by atoms with van der Waals surface area (Å²) in [6.45, 7) is 10.2. The molecular formula is C10H19FOSi. The third kappa shape index (κ3) is 2.50. The minimum absolute atomic E-state index is 0.0225. The molecule has 0 radical (unpaired) electrons. The Labute approximate surface area is 81.2 Å². The Morgan fingerprint density at radius 3 is 1.85 bits per heavy atom. The van der Waals surface area contributed by atoms with Crippen molar-refractivity contribution in [1.82, 2.24) is 0 Å². The van der Waals surface area contributed by atoms with Crippen molar-refractivity contribution in [3.63, 3.8) is 0 Å². The van der Waals surface area contributed by atoms with Gasteiger partial charge in [0.05, 0.1) is 0 Å². The summed E-state index contributed by atoms with van der Waals surface area (Å²) in [5, 5.41) is -0.590. The van der Waals surface area contributed by atoms with Gasteiger partial charge in [0.1, 0.15) is 0 Å². The number of allylic oxidation sites excluding steroid dienone is 2. The first-order valence-corrected chi connectivity index (χ1v) is 7.39. The zero-order valence-electron chi connectivity index (χ0n) is 9.36. The average molecular weight is 202 g/mol. The van der Waals surface area contributed by atoms with Gasteiger partial charge in [-0.05, 0) is 32.5 Å². The minimum atomic E-state index is -2.82. The topological polar surface area (TPSA) is 17.1 Å². The summed E-state index contributed by atoms with van der Waals surface area (Å²) in [7, 11) is -2.82. The summed E-state index contributed by atoms with van der Waals surface area (Å²) in [6.07, 6.45) is 1.73. The van der Waals surface area contributed by atoms with Crippen LogP contribution in [-0.2, 0) is 4.79 Å². The second-order valence-corrected chi connectivity index (χ2v) is 8.55. The maximum absolute atomic E-state index is 13.9. The predicted molar refractivity (Wildman–Crippen MR) is 57.1 cm³/mol. The first kappa shape index (κ1) is 12.6. The molecule has 0 aliphatic carbocycles. The van der Waals surface area contributed by atoms with E-state index in [9.17, 15) is 8.90 Å². The van der Waals surface area contributed by atoms with Gasteiger partial charge < -0.3 is 4.11 Å². The number of rotatable bonds is 3. The van der Waals surface area contributed by atoms with Crippen molar-refractivity contribution in [1.29, 1.82) is 0 Å². The number of Topliss-reactive ketones (excluding diaryl/α,β-unsaturated/α-hetero) is 1. The van der Waals surface area contributed by atoms with Gasteiger partial charge in [0.15, 0.2) is 5.78 Å². The SMILES string of the molecule is C/C=C(\C(C)=O)C(C)(C)[Si](C)(C)F. The maximum atomic E-state index is 13.9. The normalized spacial score (nSPS) is 14.5. The van der Waals surface area contributed by atoms with Crippen molar-refractivity contribution in [2.75, 3.05) is 0 Å². The number of hydrogen-bond acceptors (Lipinski definition) is 1. The van der Waals surface area contributed by atoms with Crippen molar-refractivity contribution in [2.45, 2.75) is 45.8 Å². The van der Waals surface area contributed by atoms with Gasteiger partial charge in [-0.1, -0.05) is 19.9 Å². The molecule has 0 aromatic carbocycles. The van der Waals surface area contributed by atoms with Gasteiger partial charge in [-0.3, -0.25) is 4.79 Å². The molecule has 0 aromatic heterocycles. The number of carbonyl (C=O) groups is 1. The molecule has 0 amide bonds. The van der Waals surface area contributed by atoms with Crippen LogP contribution in [-0.4, -0.2) is 14.2 Å². The zero-order valence-corrected chi connectivity index (χ0v) is 10.4. The lowest BCUT2D eigenvalue weighted by molar-refractivity contribution is -0.114. The number of carbonyl (C=O) groups excluding carboxylic acids is 1. The lowest BCUT2D eigenvalue weighted by Crippen LogP contribution is -2.37. The van der Waals surface area contributed by atoms with Gasteiger partial charge in [0.2, 0.25) is 0 Å². The van der Waals surface area contributed by atoms with E-state index in [0.717, 1.165) is 0 Å². The molecule has 0 fully saturated rings. The zero-order chi connectivity index (χ0) is 10.9. The first-order valence-electron chi connectivity index (χ1n) is 4.51. The molecule has 0 aromatic rings. The molecule has 0 spiro atoms. The van der Waals surface area contributed by atoms with Crippen LogP contribution in [0.3, 0.4) is 0 Å². The van der Waals surface area contributed by atoms with Crippen LogP contribution in [0.1, 0.15) is 27.7 Å². The largest absolute Gasteiger partial charge is 0.313 e. The van der Waals surface area contributed by atoms with Crippen LogP contribution in [0, 0.1) is 0 Å². The van der Waals surface area contributed by atoms with Gasteiger partial charge in [0, 0.05) is 5.04 Å². The van der Waals surface area contributed by atoms with E-state index in [1.165, 1.54) is 6.92 Å². The van der Waals surface area contributed by atoms with Gasteiger partial charge in [0.25, 0.3) is 8.41 Å². The molecule has 0 saturated heterocycles. The van der Waals surface area contributed by atoms with Crippen LogP contribution < -0.4 is 0 Å². The summed E-state index contributed by atoms with van der Waals surface area (Å²) in [4.78, 5) is 11.3. The van der Waals surface area contributed by atoms with Gasteiger partial charge in [-0.2, -0.15) is 0 Å². The second kappa shape index (κ2) is 3.74. The summed E-state index contributed by atoms with van der Waals surface area (Å²) in [5.41, 5.74) is 0.617. The first-order chi connectivity index (χ1) is 5.64. The average Bonchev–Trinajstić information content (AvgIpc) is 1.83. The van der Waals surface area contributed by atoms with E-state index < -0.39 is 13.4 Å². The Morgan fingerprint density at radius 2 is 1.77 bits per heavy atom. The predicted octanol–water partition coefficient (Wildman–Crippen LogP) is 3.48. The van der Waals surface area contributed by atoms with Crippen molar-refractivity contribution in [3.05, 3.63) is 11.6 Å². The van der Waals surface area contributed by atoms with E-state index >= 15 is 0 Å². The molecule has 0 N–H and O–H groups in total. The molecule has 0 bridgehead atoms. The Morgan fingerprint density at radius 1 is 1.38 bits per heavy atom. The monoisotopic (exact) mass is 202 g/mol. The van der Waals surface area contributed by atoms with Crippen molar-refractivity contribution < 1.29 is 8.90 Å². The summed E-state index contributed by atoms with van der Waals surface area (Å²) < 4.78 is 13.9. The van der Waals surface area contributed by atoms with Gasteiger partial charge >= 0.3 is 0 Å². The van der Waals surface area contributed by atoms with E-state index in [2.05, 4.69) is 0 Å². The fourth-order valence-electron chi connectivity index (χ4n) is 1.32. The lowest BCUT2D eigenvalue weighted by atomic mass is 9.98. The summed E-state index contributed by atoms with van der Waals surface area (Å²) in [5.74, 6) is -0.0225. The molecule has 1 nitrogen and oxygen atoms in total. The third-order valence-corrected chi connectivity index (χ3v) is 6.07. The molecule has 0 unspecified atom stereocenters. The third-order valence-electron chi connectivity index (χ3n) is 2.83. The molecule has 0 saturated carbocycles. The van der Waals surface area contributed by atoms with Crippen LogP contribution in [0.2, 0.25) is 18.1 Å². The smallest absolute Gasteiger partial charge is 0.250 e. The Kier molecular flexibility index (Phi) is 3.61. The van der Waals surface area contributed by atoms with E-state index in [-0.39, 0.29) is 5.78 Å². The van der Waals surface area contributed by atoms with E-state index in [1.807, 2.05) is 13.8 Å². The maximum Gasteiger partial charge on any atom is 0.250 e. The van der Waals surface area contributed by atoms with Crippen molar-refractivity contribution in [2.24, 2.45) is 0 Å². The van der Waals surface area contributed by atoms with E-state index in [1.54, 1.807) is 26.1 Å². The Balaban J connectivity index is 5.15. The molecular weight excluding hydrogens is 183 g/mol. The van der Waals surface area contributed by atoms with Crippen LogP contribution in [0.15, 0.2) is 11.6 Å². The fraction of sp³-hybridized carbons (Fsp3) is 0.700. The van der Waals surface area contributed by atoms with Crippen molar-refractivity contribution in [3.8, 4) is 0 Å². The molecule has 76 valence electrons. The molecule has 0 atom stereocenters. The molecule has 0 aliphatic rings. The lowest BCUT2D eigenvalue weighted by Gasteiger charge is -2.34. The highest BCUT2D eigenvalue weighted by molar-refractivity contribution is 6.74. The number of hydrogen-bond donors (Lipinski definition) is 0. The number of ketones is 1. The fourth-order valence-corrected chi connectivity index (χ4v) is 2.29. The molecule has 13 heavy (non-hydrogen) atoms. The minimum Gasteiger partial charge on any atom is -0.313 e. The molecule has 0 aliphatic heterocycles. The summed E-state index contributed by atoms with van der Waals surface area (Å²) in [6, 6.07) is 0. The standard InChI is InChI=1S/C10H19FOSi/c1-7-9(8(2)12)10(3,4)13(5,6)11/h7H,1-6H3/b9-7+. The molecule has 3 heteroatoms. The highest BCUT2D eigenvalue weighted by Gasteiger charge is 2.44. The quantitative estimate of drug-likeness (QED) is 0.389. The van der Waals surface area contributed by atoms with Crippen molar-refractivity contribution >= 4 is 14.2 Å². The summed E-state index contributed by atoms with van der Waals surface area (Å²) >= 11 is 0. The van der Waals surface area contributed by atoms with Gasteiger partial charge in [-0.25, -0.2) is 0 Å². The Bertz CT molecular complexity index is 236. The van der Waals surface area contributed by atoms with Crippen LogP contribution in [0.4, 0.5) is 4.11 Å². The second-order valence-electron chi connectivity index (χ2n) is 4.36. The highest BCUT2D eigenvalue weighted by Crippen LogP contribution is 2.45. The van der Waals surface area contributed by atoms with Crippen LogP contribution in [0.5, 0.6) is 0 Å². The Hall–Kier alpha value is -0.443.